The van der Waals surface area contributed by atoms with Gasteiger partial charge in [0.1, 0.15) is 23.9 Å². The lowest BCUT2D eigenvalue weighted by Crippen LogP contribution is -2.47. The predicted molar refractivity (Wildman–Crippen MR) is 137 cm³/mol. The van der Waals surface area contributed by atoms with Crippen LogP contribution in [0.25, 0.3) is 11.3 Å². The summed E-state index contributed by atoms with van der Waals surface area (Å²) in [6.45, 7) is 7.97. The van der Waals surface area contributed by atoms with E-state index in [1.807, 2.05) is 37.8 Å². The molecule has 36 heavy (non-hydrogen) atoms. The van der Waals surface area contributed by atoms with Crippen LogP contribution in [-0.2, 0) is 0 Å². The first-order valence-electron chi connectivity index (χ1n) is 12.6. The lowest BCUT2D eigenvalue weighted by Gasteiger charge is -2.35. The van der Waals surface area contributed by atoms with Gasteiger partial charge in [0.05, 0.1) is 17.2 Å². The summed E-state index contributed by atoms with van der Waals surface area (Å²) in [4.78, 5) is 30.5. The fraction of sp³-hybridized carbons (Fsp3) is 0.379. The standard InChI is InChI=1S/C29H33FN2O4/c1-4-31-17-9-10-18-32(24(20(2)3)19-35-25-14-8-6-12-22(25)28(31)33)29(34)27-16-15-26(36-27)21-11-5-7-13-23(21)30/h5-8,11-16,20,24H,4,9-10,17-19H2,1-3H3/t24-/m1/s1. The van der Waals surface area contributed by atoms with Gasteiger partial charge in [-0.05, 0) is 62.1 Å². The fourth-order valence-corrected chi connectivity index (χ4v) is 4.56. The van der Waals surface area contributed by atoms with Gasteiger partial charge in [0.15, 0.2) is 5.76 Å². The molecule has 1 aromatic heterocycles. The average Bonchev–Trinajstić information content (AvgIpc) is 3.36. The number of furan rings is 1. The van der Waals surface area contributed by atoms with Gasteiger partial charge in [-0.15, -0.1) is 0 Å². The third kappa shape index (κ3) is 5.45. The van der Waals surface area contributed by atoms with Gasteiger partial charge in [-0.1, -0.05) is 38.1 Å². The predicted octanol–water partition coefficient (Wildman–Crippen LogP) is 5.89. The topological polar surface area (TPSA) is 63.0 Å². The van der Waals surface area contributed by atoms with E-state index in [4.69, 9.17) is 9.15 Å². The Morgan fingerprint density at radius 3 is 2.42 bits per heavy atom. The molecule has 0 radical (unpaired) electrons. The second-order valence-electron chi connectivity index (χ2n) is 9.35. The van der Waals surface area contributed by atoms with Crippen molar-refractivity contribution < 1.29 is 23.1 Å². The first-order chi connectivity index (χ1) is 17.4. The lowest BCUT2D eigenvalue weighted by atomic mass is 10.0. The fourth-order valence-electron chi connectivity index (χ4n) is 4.56. The molecule has 0 unspecified atom stereocenters. The van der Waals surface area contributed by atoms with Crippen LogP contribution in [0.3, 0.4) is 0 Å². The number of carbonyl (C=O) groups excluding carboxylic acids is 2. The maximum atomic E-state index is 14.3. The summed E-state index contributed by atoms with van der Waals surface area (Å²) >= 11 is 0. The zero-order chi connectivity index (χ0) is 25.7. The monoisotopic (exact) mass is 492 g/mol. The SMILES string of the molecule is CCN1CCCCN(C(=O)c2ccc(-c3ccccc3F)o2)[C@@H](C(C)C)COc2ccccc2C1=O. The van der Waals surface area contributed by atoms with Crippen LogP contribution in [0.15, 0.2) is 65.1 Å². The molecule has 7 heteroatoms. The Labute approximate surface area is 211 Å². The van der Waals surface area contributed by atoms with Gasteiger partial charge in [-0.25, -0.2) is 4.39 Å². The molecule has 0 N–H and O–H groups in total. The summed E-state index contributed by atoms with van der Waals surface area (Å²) in [6, 6.07) is 16.6. The van der Waals surface area contributed by atoms with Gasteiger partial charge in [0, 0.05) is 19.6 Å². The number of carbonyl (C=O) groups is 2. The van der Waals surface area contributed by atoms with Gasteiger partial charge >= 0.3 is 0 Å². The van der Waals surface area contributed by atoms with Crippen LogP contribution in [0.1, 0.15) is 54.5 Å². The Morgan fingerprint density at radius 2 is 1.69 bits per heavy atom. The quantitative estimate of drug-likeness (QED) is 0.456. The molecule has 190 valence electrons. The van der Waals surface area contributed by atoms with E-state index >= 15 is 0 Å². The second kappa shape index (κ2) is 11.4. The minimum Gasteiger partial charge on any atom is -0.491 e. The Morgan fingerprint density at radius 1 is 1.00 bits per heavy atom. The maximum absolute atomic E-state index is 14.3. The van der Waals surface area contributed by atoms with Crippen LogP contribution in [0.5, 0.6) is 5.75 Å². The van der Waals surface area contributed by atoms with Crippen LogP contribution in [0.4, 0.5) is 4.39 Å². The van der Waals surface area contributed by atoms with Crippen LogP contribution >= 0.6 is 0 Å². The molecule has 3 aromatic rings. The lowest BCUT2D eigenvalue weighted by molar-refractivity contribution is 0.0484. The summed E-state index contributed by atoms with van der Waals surface area (Å²) in [5.74, 6) is 0.380. The van der Waals surface area contributed by atoms with Crippen LogP contribution < -0.4 is 4.74 Å². The number of benzene rings is 2. The van der Waals surface area contributed by atoms with Crippen LogP contribution in [0.2, 0.25) is 0 Å². The number of amides is 2. The molecule has 1 aliphatic heterocycles. The van der Waals surface area contributed by atoms with Crippen molar-refractivity contribution in [1.29, 1.82) is 0 Å². The molecule has 0 fully saturated rings. The second-order valence-corrected chi connectivity index (χ2v) is 9.35. The Hall–Kier alpha value is -3.61. The van der Waals surface area contributed by atoms with Gasteiger partial charge < -0.3 is 19.0 Å². The number of fused-ring (bicyclic) bond motifs is 1. The van der Waals surface area contributed by atoms with Gasteiger partial charge in [0.25, 0.3) is 11.8 Å². The minimum atomic E-state index is -0.403. The van der Waals surface area contributed by atoms with Crippen molar-refractivity contribution in [2.24, 2.45) is 5.92 Å². The number of halogens is 1. The molecule has 4 rings (SSSR count). The van der Waals surface area contributed by atoms with E-state index in [2.05, 4.69) is 0 Å². The number of rotatable bonds is 4. The highest BCUT2D eigenvalue weighted by molar-refractivity contribution is 5.97. The summed E-state index contributed by atoms with van der Waals surface area (Å²) in [6.07, 6.45) is 1.48. The number of para-hydroxylation sites is 1. The van der Waals surface area contributed by atoms with E-state index in [1.54, 1.807) is 47.4 Å². The summed E-state index contributed by atoms with van der Waals surface area (Å²) < 4.78 is 26.3. The highest BCUT2D eigenvalue weighted by atomic mass is 19.1. The molecule has 0 saturated carbocycles. The van der Waals surface area contributed by atoms with Crippen LogP contribution in [-0.4, -0.2) is 53.9 Å². The molecule has 0 aliphatic carbocycles. The Balaban J connectivity index is 1.64. The maximum Gasteiger partial charge on any atom is 0.289 e. The molecular weight excluding hydrogens is 459 g/mol. The van der Waals surface area contributed by atoms with E-state index in [9.17, 15) is 14.0 Å². The highest BCUT2D eigenvalue weighted by Gasteiger charge is 2.31. The smallest absolute Gasteiger partial charge is 0.289 e. The number of nitrogens with zero attached hydrogens (tertiary/aromatic N) is 2. The summed E-state index contributed by atoms with van der Waals surface area (Å²) in [5.41, 5.74) is 0.843. The normalized spacial score (nSPS) is 17.2. The molecule has 1 aliphatic rings. The molecule has 2 aromatic carbocycles. The van der Waals surface area contributed by atoms with Crippen molar-refractivity contribution in [2.75, 3.05) is 26.2 Å². The third-order valence-electron chi connectivity index (χ3n) is 6.66. The van der Waals surface area contributed by atoms with Gasteiger partial charge in [0.2, 0.25) is 0 Å². The van der Waals surface area contributed by atoms with E-state index < -0.39 is 5.82 Å². The third-order valence-corrected chi connectivity index (χ3v) is 6.66. The zero-order valence-corrected chi connectivity index (χ0v) is 21.1. The Kier molecular flexibility index (Phi) is 8.08. The van der Waals surface area contributed by atoms with E-state index in [-0.39, 0.29) is 36.1 Å². The molecule has 0 bridgehead atoms. The van der Waals surface area contributed by atoms with E-state index in [0.29, 0.717) is 42.3 Å². The van der Waals surface area contributed by atoms with Crippen molar-refractivity contribution in [3.05, 3.63) is 77.8 Å². The van der Waals surface area contributed by atoms with E-state index in [0.717, 1.165) is 12.8 Å². The molecular formula is C29H33FN2O4. The zero-order valence-electron chi connectivity index (χ0n) is 21.1. The number of hydrogen-bond donors (Lipinski definition) is 0. The summed E-state index contributed by atoms with van der Waals surface area (Å²) in [7, 11) is 0. The molecule has 0 spiro atoms. The number of hydrogen-bond acceptors (Lipinski definition) is 4. The molecule has 6 nitrogen and oxygen atoms in total. The average molecular weight is 493 g/mol. The first-order valence-corrected chi connectivity index (χ1v) is 12.6. The van der Waals surface area contributed by atoms with Crippen molar-refractivity contribution in [3.63, 3.8) is 0 Å². The number of ether oxygens (including phenoxy) is 1. The largest absolute Gasteiger partial charge is 0.491 e. The molecule has 0 saturated heterocycles. The van der Waals surface area contributed by atoms with Crippen molar-refractivity contribution >= 4 is 11.8 Å². The van der Waals surface area contributed by atoms with Crippen LogP contribution in [0, 0.1) is 11.7 Å². The molecule has 1 atom stereocenters. The first kappa shape index (κ1) is 25.5. The van der Waals surface area contributed by atoms with E-state index in [1.165, 1.54) is 6.07 Å². The Bertz CT molecular complexity index is 1210. The van der Waals surface area contributed by atoms with Crippen molar-refractivity contribution in [3.8, 4) is 17.1 Å². The highest BCUT2D eigenvalue weighted by Crippen LogP contribution is 2.28. The van der Waals surface area contributed by atoms with Gasteiger partial charge in [-0.3, -0.25) is 9.59 Å². The van der Waals surface area contributed by atoms with Crippen molar-refractivity contribution in [1.82, 2.24) is 9.80 Å². The summed E-state index contributed by atoms with van der Waals surface area (Å²) in [5, 5.41) is 0. The molecule has 2 amide bonds. The minimum absolute atomic E-state index is 0.0426. The molecule has 2 heterocycles. The van der Waals surface area contributed by atoms with Gasteiger partial charge in [-0.2, -0.15) is 0 Å². The van der Waals surface area contributed by atoms with Crippen molar-refractivity contribution in [2.45, 2.75) is 39.7 Å².